The van der Waals surface area contributed by atoms with Gasteiger partial charge in [0.1, 0.15) is 30.9 Å². The molecule has 0 aromatic rings. The monoisotopic (exact) mass is 272 g/mol. The van der Waals surface area contributed by atoms with E-state index in [0.717, 1.165) is 11.8 Å². The van der Waals surface area contributed by atoms with Gasteiger partial charge < -0.3 is 0 Å². The normalized spacial score (nSPS) is 13.7. The van der Waals surface area contributed by atoms with E-state index in [0.29, 0.717) is 0 Å². The van der Waals surface area contributed by atoms with E-state index in [-0.39, 0.29) is 18.8 Å². The summed E-state index contributed by atoms with van der Waals surface area (Å²) in [6.07, 6.45) is 0. The summed E-state index contributed by atoms with van der Waals surface area (Å²) in [5, 5.41) is 16.2. The molecule has 0 aromatic heterocycles. The van der Waals surface area contributed by atoms with Gasteiger partial charge in [-0.25, -0.2) is 0 Å². The molecule has 0 aliphatic heterocycles. The fourth-order valence-electron chi connectivity index (χ4n) is 0.256. The highest BCUT2D eigenvalue weighted by Crippen LogP contribution is 2.36. The Morgan fingerprint density at radius 1 is 0.846 bits per heavy atom. The van der Waals surface area contributed by atoms with Crippen LogP contribution in [0.15, 0.2) is 18.8 Å². The summed E-state index contributed by atoms with van der Waals surface area (Å²) in [4.78, 5) is 0. The molecule has 0 aliphatic carbocycles. The molecule has 13 heavy (non-hydrogen) atoms. The molecule has 2 nitrogen and oxygen atoms in total. The van der Waals surface area contributed by atoms with Gasteiger partial charge in [-0.15, -0.1) is 0 Å². The summed E-state index contributed by atoms with van der Waals surface area (Å²) in [5.74, 6) is 0. The van der Waals surface area contributed by atoms with E-state index in [1.165, 1.54) is 0 Å². The highest BCUT2D eigenvalue weighted by atomic mass is 35.5. The predicted molar refractivity (Wildman–Crippen MR) is 56.3 cm³/mol. The standard InChI is InChI=1S/C6Cl4N2S/c7-3(1-11)5(9)13-6(10)4(8)2-12/b5-3+,6-4+. The molecule has 0 spiro atoms. The van der Waals surface area contributed by atoms with Crippen molar-refractivity contribution in [3.05, 3.63) is 18.8 Å². The van der Waals surface area contributed by atoms with Gasteiger partial charge in [0.2, 0.25) is 0 Å². The van der Waals surface area contributed by atoms with Crippen LogP contribution < -0.4 is 0 Å². The maximum Gasteiger partial charge on any atom is 0.143 e. The number of allylic oxidation sites excluding steroid dienone is 2. The molecule has 0 rings (SSSR count). The Morgan fingerprint density at radius 3 is 1.38 bits per heavy atom. The van der Waals surface area contributed by atoms with Gasteiger partial charge in [0, 0.05) is 0 Å². The zero-order valence-corrected chi connectivity index (χ0v) is 9.65. The lowest BCUT2D eigenvalue weighted by Crippen LogP contribution is -1.72. The second kappa shape index (κ2) is 6.43. The molecule has 0 N–H and O–H groups in total. The lowest BCUT2D eigenvalue weighted by Gasteiger charge is -1.96. The summed E-state index contributed by atoms with van der Waals surface area (Å²) < 4.78 is -0.0508. The van der Waals surface area contributed by atoms with Crippen molar-refractivity contribution in [3.8, 4) is 12.1 Å². The highest BCUT2D eigenvalue weighted by molar-refractivity contribution is 8.09. The number of thioether (sulfide) groups is 1. The fourth-order valence-corrected chi connectivity index (χ4v) is 1.58. The average Bonchev–Trinajstić information content (AvgIpc) is 2.14. The van der Waals surface area contributed by atoms with Gasteiger partial charge >= 0.3 is 0 Å². The Morgan fingerprint density at radius 2 is 1.15 bits per heavy atom. The lowest BCUT2D eigenvalue weighted by molar-refractivity contribution is 1.52. The van der Waals surface area contributed by atoms with Crippen LogP contribution >= 0.6 is 58.2 Å². The third kappa shape index (κ3) is 4.67. The minimum atomic E-state index is -0.202. The van der Waals surface area contributed by atoms with Gasteiger partial charge in [-0.2, -0.15) is 10.5 Å². The Hall–Kier alpha value is -0.0300. The largest absolute Gasteiger partial charge is 0.191 e. The first-order valence-electron chi connectivity index (χ1n) is 2.61. The van der Waals surface area contributed by atoms with Crippen LogP contribution in [0, 0.1) is 22.7 Å². The fraction of sp³-hybridized carbons (Fsp3) is 0. The van der Waals surface area contributed by atoms with Gasteiger partial charge in [-0.05, 0) is 0 Å². The van der Waals surface area contributed by atoms with Crippen molar-refractivity contribution >= 4 is 58.2 Å². The van der Waals surface area contributed by atoms with Crippen molar-refractivity contribution < 1.29 is 0 Å². The topological polar surface area (TPSA) is 47.6 Å². The van der Waals surface area contributed by atoms with Crippen molar-refractivity contribution in [2.75, 3.05) is 0 Å². The summed E-state index contributed by atoms with van der Waals surface area (Å²) in [5.41, 5.74) is 0. The highest BCUT2D eigenvalue weighted by Gasteiger charge is 2.08. The molecule has 0 heterocycles. The Balaban J connectivity index is 4.71. The van der Waals surface area contributed by atoms with Crippen LogP contribution in [0.3, 0.4) is 0 Å². The first-order valence-corrected chi connectivity index (χ1v) is 4.94. The van der Waals surface area contributed by atoms with E-state index in [1.807, 2.05) is 0 Å². The van der Waals surface area contributed by atoms with Gasteiger partial charge in [0.05, 0.1) is 0 Å². The van der Waals surface area contributed by atoms with Crippen molar-refractivity contribution in [2.24, 2.45) is 0 Å². The summed E-state index contributed by atoms with van der Waals surface area (Å²) in [7, 11) is 0. The summed E-state index contributed by atoms with van der Waals surface area (Å²) >= 11 is 22.5. The van der Waals surface area contributed by atoms with E-state index < -0.39 is 0 Å². The number of nitriles is 2. The average molecular weight is 274 g/mol. The Labute approximate surface area is 99.3 Å². The molecule has 0 saturated heterocycles. The zero-order chi connectivity index (χ0) is 10.4. The summed E-state index contributed by atoms with van der Waals surface area (Å²) in [6, 6.07) is 3.22. The summed E-state index contributed by atoms with van der Waals surface area (Å²) in [6.45, 7) is 0. The molecule has 0 atom stereocenters. The molecular formula is C6Cl4N2S. The lowest BCUT2D eigenvalue weighted by atomic mass is 10.7. The van der Waals surface area contributed by atoms with Crippen molar-refractivity contribution in [2.45, 2.75) is 0 Å². The van der Waals surface area contributed by atoms with Crippen LogP contribution in [0.25, 0.3) is 0 Å². The number of hydrogen-bond donors (Lipinski definition) is 0. The second-order valence-electron chi connectivity index (χ2n) is 1.50. The van der Waals surface area contributed by atoms with Crippen LogP contribution in [-0.4, -0.2) is 0 Å². The van der Waals surface area contributed by atoms with E-state index in [1.54, 1.807) is 12.1 Å². The van der Waals surface area contributed by atoms with Crippen LogP contribution in [0.4, 0.5) is 0 Å². The van der Waals surface area contributed by atoms with Crippen LogP contribution in [0.1, 0.15) is 0 Å². The van der Waals surface area contributed by atoms with Gasteiger partial charge in [0.15, 0.2) is 0 Å². The minimum Gasteiger partial charge on any atom is -0.191 e. The van der Waals surface area contributed by atoms with E-state index in [4.69, 9.17) is 56.9 Å². The Bertz CT molecular complexity index is 313. The number of halogens is 4. The van der Waals surface area contributed by atoms with Gasteiger partial charge in [-0.1, -0.05) is 58.2 Å². The molecule has 0 aromatic carbocycles. The molecule has 0 amide bonds. The zero-order valence-electron chi connectivity index (χ0n) is 5.81. The third-order valence-electron chi connectivity index (χ3n) is 0.721. The van der Waals surface area contributed by atoms with Crippen molar-refractivity contribution in [1.82, 2.24) is 0 Å². The molecule has 0 fully saturated rings. The van der Waals surface area contributed by atoms with Crippen LogP contribution in [0.2, 0.25) is 0 Å². The number of rotatable bonds is 2. The maximum atomic E-state index is 8.32. The first kappa shape index (κ1) is 13.0. The van der Waals surface area contributed by atoms with Gasteiger partial charge in [-0.3, -0.25) is 0 Å². The number of hydrogen-bond acceptors (Lipinski definition) is 3. The maximum absolute atomic E-state index is 8.32. The minimum absolute atomic E-state index is 0.0254. The van der Waals surface area contributed by atoms with Crippen molar-refractivity contribution in [3.63, 3.8) is 0 Å². The molecule has 0 saturated carbocycles. The van der Waals surface area contributed by atoms with Crippen molar-refractivity contribution in [1.29, 1.82) is 10.5 Å². The second-order valence-corrected chi connectivity index (χ2v) is 4.48. The first-order chi connectivity index (χ1) is 6.02. The smallest absolute Gasteiger partial charge is 0.143 e. The Kier molecular flexibility index (Phi) is 6.41. The molecular weight excluding hydrogens is 274 g/mol. The number of nitrogens with zero attached hydrogens (tertiary/aromatic N) is 2. The van der Waals surface area contributed by atoms with E-state index in [2.05, 4.69) is 0 Å². The van der Waals surface area contributed by atoms with Gasteiger partial charge in [0.25, 0.3) is 0 Å². The predicted octanol–water partition coefficient (Wildman–Crippen LogP) is 4.06. The quantitative estimate of drug-likeness (QED) is 0.713. The molecule has 68 valence electrons. The third-order valence-corrected chi connectivity index (χ3v) is 3.29. The molecule has 0 bridgehead atoms. The molecule has 0 radical (unpaired) electrons. The van der Waals surface area contributed by atoms with E-state index in [9.17, 15) is 0 Å². The SMILES string of the molecule is N#C/C(Cl)=C(/Cl)S/C(Cl)=C(/Cl)C#N. The van der Waals surface area contributed by atoms with E-state index >= 15 is 0 Å². The molecule has 0 aliphatic rings. The van der Waals surface area contributed by atoms with Crippen LogP contribution in [0.5, 0.6) is 0 Å². The molecule has 0 unspecified atom stereocenters. The van der Waals surface area contributed by atoms with Crippen LogP contribution in [-0.2, 0) is 0 Å². The molecule has 7 heteroatoms.